The van der Waals surface area contributed by atoms with Crippen molar-refractivity contribution in [3.05, 3.63) is 11.9 Å². The van der Waals surface area contributed by atoms with Gasteiger partial charge in [0.15, 0.2) is 0 Å². The van der Waals surface area contributed by atoms with Gasteiger partial charge in [-0.05, 0) is 25.3 Å². The zero-order valence-electron chi connectivity index (χ0n) is 12.7. The molecule has 1 aliphatic rings. The molecule has 0 atom stereocenters. The Balaban J connectivity index is 1.97. The van der Waals surface area contributed by atoms with E-state index in [-0.39, 0.29) is 0 Å². The van der Waals surface area contributed by atoms with Gasteiger partial charge in [-0.3, -0.25) is 4.90 Å². The number of hydrogen-bond donors (Lipinski definition) is 3. The first-order valence-corrected chi connectivity index (χ1v) is 7.46. The lowest BCUT2D eigenvalue weighted by atomic mass is 10.0. The molecular formula is C14H26N6. The van der Waals surface area contributed by atoms with Crippen molar-refractivity contribution in [3.8, 4) is 0 Å². The molecule has 0 unspecified atom stereocenters. The lowest BCUT2D eigenvalue weighted by Crippen LogP contribution is -2.31. The Morgan fingerprint density at radius 3 is 2.60 bits per heavy atom. The van der Waals surface area contributed by atoms with Crippen LogP contribution in [-0.2, 0) is 0 Å². The van der Waals surface area contributed by atoms with Crippen molar-refractivity contribution >= 4 is 11.6 Å². The fourth-order valence-electron chi connectivity index (χ4n) is 2.55. The summed E-state index contributed by atoms with van der Waals surface area (Å²) < 4.78 is 0. The lowest BCUT2D eigenvalue weighted by molar-refractivity contribution is 0.289. The molecule has 0 radical (unpaired) electrons. The molecule has 0 spiro atoms. The fraction of sp³-hybridized carbons (Fsp3) is 0.714. The molecule has 0 amide bonds. The molecule has 0 saturated heterocycles. The Hall–Kier alpha value is -1.40. The summed E-state index contributed by atoms with van der Waals surface area (Å²) in [5, 5.41) is 3.43. The Morgan fingerprint density at radius 1 is 1.35 bits per heavy atom. The maximum absolute atomic E-state index is 5.53. The van der Waals surface area contributed by atoms with Crippen molar-refractivity contribution in [2.75, 3.05) is 30.4 Å². The lowest BCUT2D eigenvalue weighted by Gasteiger charge is -2.21. The van der Waals surface area contributed by atoms with E-state index in [1.54, 1.807) is 6.33 Å². The molecule has 1 saturated carbocycles. The molecule has 1 aliphatic carbocycles. The van der Waals surface area contributed by atoms with E-state index in [2.05, 4.69) is 46.4 Å². The number of nitrogens with zero attached hydrogens (tertiary/aromatic N) is 3. The van der Waals surface area contributed by atoms with Crippen LogP contribution < -0.4 is 16.6 Å². The van der Waals surface area contributed by atoms with Crippen LogP contribution in [0, 0.1) is 0 Å². The highest BCUT2D eigenvalue weighted by atomic mass is 15.3. The van der Waals surface area contributed by atoms with Crippen LogP contribution in [0.5, 0.6) is 0 Å². The minimum Gasteiger partial charge on any atom is -0.368 e. The molecule has 112 valence electrons. The van der Waals surface area contributed by atoms with Crippen molar-refractivity contribution < 1.29 is 0 Å². The molecule has 1 aromatic rings. The molecule has 1 aromatic heterocycles. The Morgan fingerprint density at radius 2 is 2.05 bits per heavy atom. The highest BCUT2D eigenvalue weighted by Gasteiger charge is 2.27. The summed E-state index contributed by atoms with van der Waals surface area (Å²) in [6.07, 6.45) is 4.24. The smallest absolute Gasteiger partial charge is 0.148 e. The molecule has 0 bridgehead atoms. The predicted octanol–water partition coefficient (Wildman–Crippen LogP) is 1.78. The van der Waals surface area contributed by atoms with E-state index in [1.165, 1.54) is 12.8 Å². The second kappa shape index (κ2) is 6.85. The summed E-state index contributed by atoms with van der Waals surface area (Å²) in [5.41, 5.74) is 3.70. The number of nitrogen functional groups attached to an aromatic ring is 1. The van der Waals surface area contributed by atoms with E-state index in [0.717, 1.165) is 37.1 Å². The summed E-state index contributed by atoms with van der Waals surface area (Å²) in [5.74, 6) is 7.43. The topological polar surface area (TPSA) is 79.1 Å². The van der Waals surface area contributed by atoms with Crippen molar-refractivity contribution in [2.45, 2.75) is 45.6 Å². The van der Waals surface area contributed by atoms with Gasteiger partial charge in [-0.2, -0.15) is 0 Å². The van der Waals surface area contributed by atoms with Gasteiger partial charge in [0.25, 0.3) is 0 Å². The number of nitrogens with one attached hydrogen (secondary N) is 2. The summed E-state index contributed by atoms with van der Waals surface area (Å²) in [4.78, 5) is 11.1. The van der Waals surface area contributed by atoms with Gasteiger partial charge >= 0.3 is 0 Å². The number of aromatic nitrogens is 2. The quantitative estimate of drug-likeness (QED) is 0.497. The minimum absolute atomic E-state index is 0.315. The molecule has 6 nitrogen and oxygen atoms in total. The maximum Gasteiger partial charge on any atom is 0.148 e. The fourth-order valence-corrected chi connectivity index (χ4v) is 2.55. The van der Waals surface area contributed by atoms with Crippen LogP contribution in [0.4, 0.5) is 11.6 Å². The standard InChI is InChI=1S/C14H26N6/c1-4-20(11-5-6-11)8-7-16-13-12(10(2)3)14(19-15)18-9-17-13/h9-11H,4-8,15H2,1-3H3,(H2,16,17,18,19). The van der Waals surface area contributed by atoms with Crippen LogP contribution in [0.15, 0.2) is 6.33 Å². The van der Waals surface area contributed by atoms with Gasteiger partial charge in [0, 0.05) is 24.7 Å². The van der Waals surface area contributed by atoms with E-state index in [1.807, 2.05) is 0 Å². The molecule has 4 N–H and O–H groups in total. The molecular weight excluding hydrogens is 252 g/mol. The summed E-state index contributed by atoms with van der Waals surface area (Å²) in [6, 6.07) is 0.804. The van der Waals surface area contributed by atoms with Crippen molar-refractivity contribution in [2.24, 2.45) is 5.84 Å². The van der Waals surface area contributed by atoms with Gasteiger partial charge in [0.2, 0.25) is 0 Å². The number of anilines is 2. The molecule has 0 aromatic carbocycles. The average Bonchev–Trinajstić information content (AvgIpc) is 3.27. The molecule has 0 aliphatic heterocycles. The number of nitrogens with two attached hydrogens (primary N) is 1. The third-order valence-electron chi connectivity index (χ3n) is 3.76. The van der Waals surface area contributed by atoms with Crippen molar-refractivity contribution in [1.82, 2.24) is 14.9 Å². The molecule has 2 rings (SSSR count). The monoisotopic (exact) mass is 278 g/mol. The van der Waals surface area contributed by atoms with Gasteiger partial charge in [-0.25, -0.2) is 15.8 Å². The molecule has 6 heteroatoms. The molecule has 1 fully saturated rings. The predicted molar refractivity (Wildman–Crippen MR) is 82.7 cm³/mol. The second-order valence-electron chi connectivity index (χ2n) is 5.57. The summed E-state index contributed by atoms with van der Waals surface area (Å²) in [7, 11) is 0. The van der Waals surface area contributed by atoms with Crippen LogP contribution in [0.3, 0.4) is 0 Å². The van der Waals surface area contributed by atoms with Gasteiger partial charge in [0.1, 0.15) is 18.0 Å². The van der Waals surface area contributed by atoms with Crippen LogP contribution in [0.2, 0.25) is 0 Å². The number of rotatable bonds is 8. The normalized spacial score (nSPS) is 14.9. The van der Waals surface area contributed by atoms with E-state index >= 15 is 0 Å². The molecule has 1 heterocycles. The first-order chi connectivity index (χ1) is 9.67. The third kappa shape index (κ3) is 3.58. The van der Waals surface area contributed by atoms with E-state index in [0.29, 0.717) is 11.7 Å². The van der Waals surface area contributed by atoms with Crippen molar-refractivity contribution in [3.63, 3.8) is 0 Å². The Kier molecular flexibility index (Phi) is 5.14. The van der Waals surface area contributed by atoms with Crippen LogP contribution in [0.25, 0.3) is 0 Å². The van der Waals surface area contributed by atoms with Gasteiger partial charge in [-0.1, -0.05) is 20.8 Å². The van der Waals surface area contributed by atoms with Crippen molar-refractivity contribution in [1.29, 1.82) is 0 Å². The first-order valence-electron chi connectivity index (χ1n) is 7.46. The highest BCUT2D eigenvalue weighted by molar-refractivity contribution is 5.58. The first kappa shape index (κ1) is 15.0. The van der Waals surface area contributed by atoms with E-state index < -0.39 is 0 Å². The van der Waals surface area contributed by atoms with Crippen LogP contribution in [0.1, 0.15) is 45.1 Å². The van der Waals surface area contributed by atoms with Gasteiger partial charge < -0.3 is 10.7 Å². The largest absolute Gasteiger partial charge is 0.368 e. The maximum atomic E-state index is 5.53. The average molecular weight is 278 g/mol. The third-order valence-corrected chi connectivity index (χ3v) is 3.76. The van der Waals surface area contributed by atoms with Gasteiger partial charge in [0.05, 0.1) is 0 Å². The number of hydrazine groups is 1. The summed E-state index contributed by atoms with van der Waals surface area (Å²) in [6.45, 7) is 9.52. The zero-order chi connectivity index (χ0) is 14.5. The second-order valence-corrected chi connectivity index (χ2v) is 5.57. The minimum atomic E-state index is 0.315. The summed E-state index contributed by atoms with van der Waals surface area (Å²) >= 11 is 0. The molecule has 20 heavy (non-hydrogen) atoms. The van der Waals surface area contributed by atoms with Crippen LogP contribution >= 0.6 is 0 Å². The Labute approximate surface area is 121 Å². The Bertz CT molecular complexity index is 430. The highest BCUT2D eigenvalue weighted by Crippen LogP contribution is 2.28. The van der Waals surface area contributed by atoms with Gasteiger partial charge in [-0.15, -0.1) is 0 Å². The van der Waals surface area contributed by atoms with E-state index in [4.69, 9.17) is 5.84 Å². The van der Waals surface area contributed by atoms with Crippen LogP contribution in [-0.4, -0.2) is 40.5 Å². The SMILES string of the molecule is CCN(CCNc1ncnc(NN)c1C(C)C)C1CC1. The van der Waals surface area contributed by atoms with E-state index in [9.17, 15) is 0 Å². The number of likely N-dealkylation sites (N-methyl/N-ethyl adjacent to an activating group) is 1. The zero-order valence-corrected chi connectivity index (χ0v) is 12.7. The number of hydrogen-bond acceptors (Lipinski definition) is 6.